The lowest BCUT2D eigenvalue weighted by Gasteiger charge is -2.34. The van der Waals surface area contributed by atoms with E-state index in [9.17, 15) is 4.79 Å². The predicted molar refractivity (Wildman–Crippen MR) is 51.1 cm³/mol. The average molecular weight is 172 g/mol. The summed E-state index contributed by atoms with van der Waals surface area (Å²) in [6, 6.07) is 0. The van der Waals surface area contributed by atoms with Crippen molar-refractivity contribution in [3.05, 3.63) is 0 Å². The molecule has 0 aliphatic carbocycles. The number of nitrogens with one attached hydrogen (secondary N) is 1. The topological polar surface area (TPSA) is 32.3 Å². The molecule has 72 valence electrons. The molecule has 0 saturated carbocycles. The van der Waals surface area contributed by atoms with Gasteiger partial charge in [-0.2, -0.15) is 0 Å². The minimum atomic E-state index is -0.0338. The van der Waals surface area contributed by atoms with Crippen molar-refractivity contribution in [2.45, 2.75) is 32.7 Å². The maximum Gasteiger partial charge on any atom is 0.236 e. The number of carbonyl (C=O) groups is 1. The second kappa shape index (κ2) is 4.45. The highest BCUT2D eigenvalue weighted by Crippen LogP contribution is 2.15. The van der Waals surface area contributed by atoms with Gasteiger partial charge in [-0.15, -0.1) is 0 Å². The molecule has 1 N–H and O–H groups in total. The van der Waals surface area contributed by atoms with Crippen LogP contribution in [0.1, 0.15) is 27.2 Å². The number of carbonyl (C=O) groups excluding carboxylic acids is 1. The molecule has 3 nitrogen and oxygen atoms in total. The lowest BCUT2D eigenvalue weighted by Crippen LogP contribution is -2.47. The van der Waals surface area contributed by atoms with Crippen molar-refractivity contribution in [1.82, 2.24) is 10.2 Å². The first-order chi connectivity index (χ1) is 5.45. The summed E-state index contributed by atoms with van der Waals surface area (Å²) in [6.07, 6.45) is 0.971. The maximum atomic E-state index is 11.4. The van der Waals surface area contributed by atoms with Crippen molar-refractivity contribution in [3.8, 4) is 0 Å². The van der Waals surface area contributed by atoms with Gasteiger partial charge < -0.3 is 10.2 Å². The smallest absolute Gasteiger partial charge is 0.236 e. The van der Waals surface area contributed by atoms with Gasteiger partial charge in [-0.05, 0) is 27.3 Å². The Hall–Kier alpha value is -0.570. The lowest BCUT2D eigenvalue weighted by atomic mass is 10.00. The molecule has 0 aliphatic rings. The molecular weight excluding hydrogens is 152 g/mol. The van der Waals surface area contributed by atoms with Crippen molar-refractivity contribution in [3.63, 3.8) is 0 Å². The Morgan fingerprint density at radius 1 is 1.50 bits per heavy atom. The van der Waals surface area contributed by atoms with E-state index in [1.807, 2.05) is 7.05 Å². The number of rotatable bonds is 4. The summed E-state index contributed by atoms with van der Waals surface area (Å²) in [5.74, 6) is 0.143. The molecular formula is C9H20N2O. The van der Waals surface area contributed by atoms with E-state index in [4.69, 9.17) is 0 Å². The summed E-state index contributed by atoms with van der Waals surface area (Å²) in [5, 5.41) is 2.85. The van der Waals surface area contributed by atoms with E-state index in [-0.39, 0.29) is 11.4 Å². The van der Waals surface area contributed by atoms with Gasteiger partial charge in [0.2, 0.25) is 5.91 Å². The Morgan fingerprint density at radius 3 is 2.33 bits per heavy atom. The normalized spacial score (nSPS) is 11.4. The van der Waals surface area contributed by atoms with Crippen LogP contribution in [0.5, 0.6) is 0 Å². The average Bonchev–Trinajstić information content (AvgIpc) is 2.03. The van der Waals surface area contributed by atoms with Crippen LogP contribution >= 0.6 is 0 Å². The first kappa shape index (κ1) is 11.4. The van der Waals surface area contributed by atoms with E-state index in [1.165, 1.54) is 0 Å². The first-order valence-corrected chi connectivity index (χ1v) is 4.37. The van der Waals surface area contributed by atoms with Crippen LogP contribution in [0.25, 0.3) is 0 Å². The summed E-state index contributed by atoms with van der Waals surface area (Å²) >= 11 is 0. The molecule has 1 amide bonds. The Kier molecular flexibility index (Phi) is 4.24. The van der Waals surface area contributed by atoms with Crippen LogP contribution in [0.2, 0.25) is 0 Å². The van der Waals surface area contributed by atoms with Crippen LogP contribution in [0.4, 0.5) is 0 Å². The van der Waals surface area contributed by atoms with Crippen molar-refractivity contribution in [2.24, 2.45) is 0 Å². The van der Waals surface area contributed by atoms with Crippen LogP contribution in [0.15, 0.2) is 0 Å². The van der Waals surface area contributed by atoms with Gasteiger partial charge in [-0.1, -0.05) is 6.92 Å². The molecule has 0 aromatic heterocycles. The zero-order valence-corrected chi connectivity index (χ0v) is 8.77. The SMILES string of the molecule is CCC(C)(C)N(C)C(=O)CNC. The summed E-state index contributed by atoms with van der Waals surface area (Å²) < 4.78 is 0. The van der Waals surface area contributed by atoms with Crippen molar-refractivity contribution < 1.29 is 4.79 Å². The van der Waals surface area contributed by atoms with E-state index < -0.39 is 0 Å². The molecule has 0 fully saturated rings. The number of nitrogens with zero attached hydrogens (tertiary/aromatic N) is 1. The van der Waals surface area contributed by atoms with Gasteiger partial charge in [0.1, 0.15) is 0 Å². The first-order valence-electron chi connectivity index (χ1n) is 4.37. The summed E-state index contributed by atoms with van der Waals surface area (Å²) in [5.41, 5.74) is -0.0338. The molecule has 0 radical (unpaired) electrons. The van der Waals surface area contributed by atoms with Crippen LogP contribution in [-0.4, -0.2) is 37.0 Å². The van der Waals surface area contributed by atoms with Gasteiger partial charge >= 0.3 is 0 Å². The fourth-order valence-corrected chi connectivity index (χ4v) is 0.845. The predicted octanol–water partition coefficient (Wildman–Crippen LogP) is 0.853. The number of hydrogen-bond donors (Lipinski definition) is 1. The number of amides is 1. The minimum Gasteiger partial charge on any atom is -0.340 e. The molecule has 0 atom stereocenters. The van der Waals surface area contributed by atoms with E-state index >= 15 is 0 Å². The molecule has 0 saturated heterocycles. The third kappa shape index (κ3) is 2.81. The van der Waals surface area contributed by atoms with Gasteiger partial charge in [0, 0.05) is 12.6 Å². The molecule has 0 aromatic rings. The van der Waals surface area contributed by atoms with E-state index in [2.05, 4.69) is 26.1 Å². The van der Waals surface area contributed by atoms with Gasteiger partial charge in [-0.3, -0.25) is 4.79 Å². The van der Waals surface area contributed by atoms with E-state index in [0.29, 0.717) is 6.54 Å². The summed E-state index contributed by atoms with van der Waals surface area (Å²) in [7, 11) is 3.63. The van der Waals surface area contributed by atoms with Gasteiger partial charge in [-0.25, -0.2) is 0 Å². The van der Waals surface area contributed by atoms with Crippen molar-refractivity contribution in [2.75, 3.05) is 20.6 Å². The molecule has 12 heavy (non-hydrogen) atoms. The fourth-order valence-electron chi connectivity index (χ4n) is 0.845. The Balaban J connectivity index is 4.17. The molecule has 0 spiro atoms. The second-order valence-corrected chi connectivity index (χ2v) is 3.65. The molecule has 3 heteroatoms. The van der Waals surface area contributed by atoms with E-state index in [0.717, 1.165) is 6.42 Å². The van der Waals surface area contributed by atoms with Crippen LogP contribution in [-0.2, 0) is 4.79 Å². The molecule has 0 aromatic carbocycles. The Bertz CT molecular complexity index is 155. The van der Waals surface area contributed by atoms with Crippen molar-refractivity contribution >= 4 is 5.91 Å². The number of likely N-dealkylation sites (N-methyl/N-ethyl adjacent to an activating group) is 2. The monoisotopic (exact) mass is 172 g/mol. The maximum absolute atomic E-state index is 11.4. The van der Waals surface area contributed by atoms with Gasteiger partial charge in [0.15, 0.2) is 0 Å². The van der Waals surface area contributed by atoms with Crippen LogP contribution in [0.3, 0.4) is 0 Å². The molecule has 0 rings (SSSR count). The van der Waals surface area contributed by atoms with E-state index in [1.54, 1.807) is 11.9 Å². The summed E-state index contributed by atoms with van der Waals surface area (Å²) in [6.45, 7) is 6.64. The Labute approximate surface area is 75.1 Å². The molecule has 0 heterocycles. The summed E-state index contributed by atoms with van der Waals surface area (Å²) in [4.78, 5) is 13.2. The van der Waals surface area contributed by atoms with Gasteiger partial charge in [0.25, 0.3) is 0 Å². The lowest BCUT2D eigenvalue weighted by molar-refractivity contribution is -0.133. The van der Waals surface area contributed by atoms with Crippen molar-refractivity contribution in [1.29, 1.82) is 0 Å². The zero-order valence-electron chi connectivity index (χ0n) is 8.77. The standard InChI is InChI=1S/C9H20N2O/c1-6-9(2,3)11(5)8(12)7-10-4/h10H,6-7H2,1-5H3. The fraction of sp³-hybridized carbons (Fsp3) is 0.889. The highest BCUT2D eigenvalue weighted by Gasteiger charge is 2.24. The minimum absolute atomic E-state index is 0.0338. The zero-order chi connectivity index (χ0) is 9.78. The largest absolute Gasteiger partial charge is 0.340 e. The second-order valence-electron chi connectivity index (χ2n) is 3.65. The third-order valence-electron chi connectivity index (χ3n) is 2.48. The quantitative estimate of drug-likeness (QED) is 0.682. The highest BCUT2D eigenvalue weighted by molar-refractivity contribution is 5.78. The highest BCUT2D eigenvalue weighted by atomic mass is 16.2. The van der Waals surface area contributed by atoms with Crippen LogP contribution < -0.4 is 5.32 Å². The molecule has 0 aliphatic heterocycles. The Morgan fingerprint density at radius 2 is 2.00 bits per heavy atom. The molecule has 0 unspecified atom stereocenters. The third-order valence-corrected chi connectivity index (χ3v) is 2.48. The van der Waals surface area contributed by atoms with Crippen LogP contribution in [0, 0.1) is 0 Å². The van der Waals surface area contributed by atoms with Gasteiger partial charge in [0.05, 0.1) is 6.54 Å². The number of hydrogen-bond acceptors (Lipinski definition) is 2. The molecule has 0 bridgehead atoms.